The normalized spacial score (nSPS) is 10.4. The molecule has 21 heavy (non-hydrogen) atoms. The third-order valence-corrected chi connectivity index (χ3v) is 2.55. The summed E-state index contributed by atoms with van der Waals surface area (Å²) in [5, 5.41) is 11.8. The molecule has 2 aromatic rings. The molecule has 0 radical (unpaired) electrons. The topological polar surface area (TPSA) is 105 Å². The summed E-state index contributed by atoms with van der Waals surface area (Å²) in [4.78, 5) is 12.0. The lowest BCUT2D eigenvalue weighted by molar-refractivity contribution is -0.118. The highest BCUT2D eigenvalue weighted by molar-refractivity contribution is 5.73. The minimum Gasteiger partial charge on any atom is -0.490 e. The molecule has 1 heterocycles. The minimum absolute atomic E-state index is 0.109. The van der Waals surface area contributed by atoms with Crippen molar-refractivity contribution in [3.05, 3.63) is 18.2 Å². The Labute approximate surface area is 121 Å². The van der Waals surface area contributed by atoms with Crippen LogP contribution >= 0.6 is 0 Å². The third-order valence-electron chi connectivity index (χ3n) is 2.55. The number of aromatic nitrogens is 4. The molecule has 0 bridgehead atoms. The van der Waals surface area contributed by atoms with E-state index in [9.17, 15) is 4.79 Å². The summed E-state index contributed by atoms with van der Waals surface area (Å²) >= 11 is 0. The zero-order valence-electron chi connectivity index (χ0n) is 11.9. The molecule has 0 aliphatic rings. The van der Waals surface area contributed by atoms with Gasteiger partial charge in [-0.3, -0.25) is 4.79 Å². The predicted molar refractivity (Wildman–Crippen MR) is 74.8 cm³/mol. The largest absolute Gasteiger partial charge is 0.490 e. The Bertz CT molecular complexity index is 626. The van der Waals surface area contributed by atoms with E-state index in [0.717, 1.165) is 10.4 Å². The van der Waals surface area contributed by atoms with Crippen molar-refractivity contribution in [1.29, 1.82) is 0 Å². The molecule has 0 aliphatic carbocycles. The third kappa shape index (κ3) is 3.68. The molecule has 0 saturated heterocycles. The first-order valence-electron chi connectivity index (χ1n) is 6.60. The Morgan fingerprint density at radius 1 is 1.24 bits per heavy atom. The van der Waals surface area contributed by atoms with E-state index in [2.05, 4.69) is 15.4 Å². The van der Waals surface area contributed by atoms with Crippen LogP contribution in [0.15, 0.2) is 18.2 Å². The predicted octanol–water partition coefficient (Wildman–Crippen LogP) is 0.623. The number of nitrogens with zero attached hydrogens (tertiary/aromatic N) is 4. The van der Waals surface area contributed by atoms with Crippen molar-refractivity contribution in [2.75, 3.05) is 13.2 Å². The Balaban J connectivity index is 2.28. The highest BCUT2D eigenvalue weighted by Crippen LogP contribution is 2.31. The lowest BCUT2D eigenvalue weighted by atomic mass is 10.2. The molecule has 1 aromatic carbocycles. The van der Waals surface area contributed by atoms with Crippen molar-refractivity contribution < 1.29 is 14.3 Å². The van der Waals surface area contributed by atoms with Crippen LogP contribution in [0.4, 0.5) is 0 Å². The minimum atomic E-state index is -0.527. The van der Waals surface area contributed by atoms with Gasteiger partial charge in [-0.05, 0) is 37.3 Å². The maximum absolute atomic E-state index is 10.8. The van der Waals surface area contributed by atoms with Crippen LogP contribution < -0.4 is 15.2 Å². The second-order valence-corrected chi connectivity index (χ2v) is 4.14. The maximum atomic E-state index is 10.8. The fraction of sp³-hybridized carbons (Fsp3) is 0.385. The number of tetrazole rings is 1. The second kappa shape index (κ2) is 6.69. The summed E-state index contributed by atoms with van der Waals surface area (Å²) in [5.41, 5.74) is 5.81. The lowest BCUT2D eigenvalue weighted by Gasteiger charge is -2.11. The van der Waals surface area contributed by atoms with Crippen LogP contribution in [-0.2, 0) is 11.3 Å². The maximum Gasteiger partial charge on any atom is 0.241 e. The SMILES string of the molecule is CCOc1ccc(-c2nnn(CC(N)=O)n2)cc1OCC. The van der Waals surface area contributed by atoms with Gasteiger partial charge in [-0.25, -0.2) is 0 Å². The van der Waals surface area contributed by atoms with Gasteiger partial charge in [0.1, 0.15) is 6.54 Å². The van der Waals surface area contributed by atoms with Crippen molar-refractivity contribution in [1.82, 2.24) is 20.2 Å². The van der Waals surface area contributed by atoms with E-state index in [1.165, 1.54) is 0 Å². The van der Waals surface area contributed by atoms with Crippen molar-refractivity contribution in [3.63, 3.8) is 0 Å². The Kier molecular flexibility index (Phi) is 4.70. The van der Waals surface area contributed by atoms with Gasteiger partial charge in [0.2, 0.25) is 11.7 Å². The van der Waals surface area contributed by atoms with Gasteiger partial charge in [-0.1, -0.05) is 0 Å². The molecule has 0 atom stereocenters. The van der Waals surface area contributed by atoms with Crippen LogP contribution in [0.25, 0.3) is 11.4 Å². The number of nitrogens with two attached hydrogens (primary N) is 1. The van der Waals surface area contributed by atoms with Gasteiger partial charge in [0.15, 0.2) is 11.5 Å². The van der Waals surface area contributed by atoms with Crippen LogP contribution in [0.1, 0.15) is 13.8 Å². The van der Waals surface area contributed by atoms with Crippen molar-refractivity contribution in [2.45, 2.75) is 20.4 Å². The molecular formula is C13H17N5O3. The highest BCUT2D eigenvalue weighted by atomic mass is 16.5. The first kappa shape index (κ1) is 14.8. The van der Waals surface area contributed by atoms with E-state index in [0.29, 0.717) is 30.5 Å². The molecule has 2 N–H and O–H groups in total. The molecule has 1 amide bonds. The molecule has 8 nitrogen and oxygen atoms in total. The highest BCUT2D eigenvalue weighted by Gasteiger charge is 2.12. The van der Waals surface area contributed by atoms with Crippen molar-refractivity contribution in [2.24, 2.45) is 5.73 Å². The van der Waals surface area contributed by atoms with Crippen LogP contribution in [0.2, 0.25) is 0 Å². The summed E-state index contributed by atoms with van der Waals surface area (Å²) in [5.74, 6) is 1.14. The van der Waals surface area contributed by atoms with Gasteiger partial charge in [-0.2, -0.15) is 4.80 Å². The quantitative estimate of drug-likeness (QED) is 0.801. The first-order chi connectivity index (χ1) is 10.1. The Morgan fingerprint density at radius 3 is 2.62 bits per heavy atom. The number of primary amides is 1. The molecule has 0 fully saturated rings. The second-order valence-electron chi connectivity index (χ2n) is 4.14. The zero-order valence-corrected chi connectivity index (χ0v) is 11.9. The summed E-state index contributed by atoms with van der Waals surface area (Å²) in [6.45, 7) is 4.75. The van der Waals surface area contributed by atoms with Gasteiger partial charge in [0, 0.05) is 5.56 Å². The Morgan fingerprint density at radius 2 is 1.95 bits per heavy atom. The van der Waals surface area contributed by atoms with E-state index in [4.69, 9.17) is 15.2 Å². The van der Waals surface area contributed by atoms with Crippen LogP contribution in [-0.4, -0.2) is 39.3 Å². The van der Waals surface area contributed by atoms with Gasteiger partial charge in [-0.15, -0.1) is 10.2 Å². The number of amides is 1. The fourth-order valence-corrected chi connectivity index (χ4v) is 1.76. The standard InChI is InChI=1S/C13H17N5O3/c1-3-20-10-6-5-9(7-11(10)21-4-2)13-15-17-18(16-13)8-12(14)19/h5-7H,3-4,8H2,1-2H3,(H2,14,19). The summed E-state index contributed by atoms with van der Waals surface area (Å²) < 4.78 is 11.0. The van der Waals surface area contributed by atoms with E-state index in [1.54, 1.807) is 18.2 Å². The summed E-state index contributed by atoms with van der Waals surface area (Å²) in [7, 11) is 0. The number of rotatable bonds is 7. The van der Waals surface area contributed by atoms with Gasteiger partial charge in [0.25, 0.3) is 0 Å². The zero-order chi connectivity index (χ0) is 15.2. The Hall–Kier alpha value is -2.64. The molecule has 8 heteroatoms. The van der Waals surface area contributed by atoms with E-state index in [1.807, 2.05) is 13.8 Å². The van der Waals surface area contributed by atoms with Crippen molar-refractivity contribution in [3.8, 4) is 22.9 Å². The van der Waals surface area contributed by atoms with E-state index in [-0.39, 0.29) is 6.54 Å². The van der Waals surface area contributed by atoms with Gasteiger partial charge < -0.3 is 15.2 Å². The number of carbonyl (C=O) groups is 1. The monoisotopic (exact) mass is 291 g/mol. The van der Waals surface area contributed by atoms with Gasteiger partial charge in [0.05, 0.1) is 13.2 Å². The molecule has 0 saturated carbocycles. The average molecular weight is 291 g/mol. The molecule has 0 spiro atoms. The summed E-state index contributed by atoms with van der Waals surface area (Å²) in [6, 6.07) is 5.37. The van der Waals surface area contributed by atoms with E-state index >= 15 is 0 Å². The molecule has 1 aromatic heterocycles. The van der Waals surface area contributed by atoms with Crippen LogP contribution in [0.5, 0.6) is 11.5 Å². The van der Waals surface area contributed by atoms with Crippen LogP contribution in [0, 0.1) is 0 Å². The van der Waals surface area contributed by atoms with Crippen LogP contribution in [0.3, 0.4) is 0 Å². The molecular weight excluding hydrogens is 274 g/mol. The number of hydrogen-bond donors (Lipinski definition) is 1. The fourth-order valence-electron chi connectivity index (χ4n) is 1.76. The number of carbonyl (C=O) groups excluding carboxylic acids is 1. The van der Waals surface area contributed by atoms with Gasteiger partial charge >= 0.3 is 0 Å². The molecule has 2 rings (SSSR count). The number of hydrogen-bond acceptors (Lipinski definition) is 6. The molecule has 112 valence electrons. The summed E-state index contributed by atoms with van der Waals surface area (Å²) in [6.07, 6.45) is 0. The average Bonchev–Trinajstić information content (AvgIpc) is 2.89. The smallest absolute Gasteiger partial charge is 0.241 e. The number of ether oxygens (including phenoxy) is 2. The van der Waals surface area contributed by atoms with Crippen molar-refractivity contribution >= 4 is 5.91 Å². The first-order valence-corrected chi connectivity index (χ1v) is 6.60. The lowest BCUT2D eigenvalue weighted by Crippen LogP contribution is -2.20. The molecule has 0 unspecified atom stereocenters. The number of benzene rings is 1. The van der Waals surface area contributed by atoms with E-state index < -0.39 is 5.91 Å². The molecule has 0 aliphatic heterocycles.